The highest BCUT2D eigenvalue weighted by Gasteiger charge is 2.50. The van der Waals surface area contributed by atoms with Crippen LogP contribution >= 0.6 is 0 Å². The minimum absolute atomic E-state index is 0.143. The van der Waals surface area contributed by atoms with E-state index in [1.165, 1.54) is 6.92 Å². The van der Waals surface area contributed by atoms with Crippen molar-refractivity contribution in [3.8, 4) is 0 Å². The van der Waals surface area contributed by atoms with E-state index in [0.717, 1.165) is 34.5 Å². The molecule has 5 rings (SSSR count). The highest BCUT2D eigenvalue weighted by Crippen LogP contribution is 2.44. The molecule has 6 nitrogen and oxygen atoms in total. The number of pyridine rings is 1. The second kappa shape index (κ2) is 6.45. The Morgan fingerprint density at radius 3 is 2.80 bits per heavy atom. The molecule has 0 aromatic carbocycles. The second-order valence-electron chi connectivity index (χ2n) is 8.13. The lowest BCUT2D eigenvalue weighted by atomic mass is 9.85. The van der Waals surface area contributed by atoms with E-state index in [9.17, 15) is 13.2 Å². The van der Waals surface area contributed by atoms with Crippen LogP contribution in [0.15, 0.2) is 47.5 Å². The van der Waals surface area contributed by atoms with Gasteiger partial charge in [0.15, 0.2) is 0 Å². The van der Waals surface area contributed by atoms with E-state index in [4.69, 9.17) is 5.10 Å². The third-order valence-corrected chi connectivity index (χ3v) is 6.03. The first kappa shape index (κ1) is 18.9. The van der Waals surface area contributed by atoms with Gasteiger partial charge in [-0.1, -0.05) is 6.07 Å². The lowest BCUT2D eigenvalue weighted by Crippen LogP contribution is -2.40. The zero-order valence-corrected chi connectivity index (χ0v) is 16.6. The summed E-state index contributed by atoms with van der Waals surface area (Å²) in [6, 6.07) is 7.61. The molecule has 0 aliphatic carbocycles. The summed E-state index contributed by atoms with van der Waals surface area (Å²) in [5.74, 6) is 0.532. The fourth-order valence-corrected chi connectivity index (χ4v) is 4.13. The minimum Gasteiger partial charge on any atom is -0.348 e. The number of fused-ring (bicyclic) bond motifs is 2. The van der Waals surface area contributed by atoms with Crippen molar-refractivity contribution in [2.45, 2.75) is 38.9 Å². The topological polar surface area (TPSA) is 61.6 Å². The van der Waals surface area contributed by atoms with Crippen molar-refractivity contribution in [3.05, 3.63) is 65.3 Å². The number of aliphatic imine (C=N–C) groups is 1. The van der Waals surface area contributed by atoms with Crippen LogP contribution in [0.5, 0.6) is 0 Å². The summed E-state index contributed by atoms with van der Waals surface area (Å²) in [5.41, 5.74) is 2.66. The molecule has 2 aliphatic heterocycles. The number of hydrogen-bond acceptors (Lipinski definition) is 4. The van der Waals surface area contributed by atoms with Crippen molar-refractivity contribution in [2.75, 3.05) is 6.54 Å². The Balaban J connectivity index is 1.57. The van der Waals surface area contributed by atoms with Gasteiger partial charge in [0, 0.05) is 30.6 Å². The number of alkyl halides is 3. The molecule has 0 spiro atoms. The molecular weight excluding hydrogens is 393 g/mol. The molecule has 2 atom stereocenters. The third kappa shape index (κ3) is 2.83. The predicted molar refractivity (Wildman–Crippen MR) is 106 cm³/mol. The Hall–Kier alpha value is -3.10. The number of aromatic amines is 1. The maximum atomic E-state index is 13.4. The van der Waals surface area contributed by atoms with Gasteiger partial charge in [-0.15, -0.1) is 0 Å². The van der Waals surface area contributed by atoms with Crippen LogP contribution in [-0.2, 0) is 6.42 Å². The summed E-state index contributed by atoms with van der Waals surface area (Å²) >= 11 is 0. The molecule has 0 saturated carbocycles. The number of allylic oxidation sites excluding steroid dienone is 1. The molecule has 0 amide bonds. The average Bonchev–Trinajstić information content (AvgIpc) is 3.34. The van der Waals surface area contributed by atoms with Gasteiger partial charge in [-0.05, 0) is 44.5 Å². The van der Waals surface area contributed by atoms with E-state index in [-0.39, 0.29) is 12.5 Å². The summed E-state index contributed by atoms with van der Waals surface area (Å²) in [7, 11) is 0. The van der Waals surface area contributed by atoms with Crippen LogP contribution in [0.1, 0.15) is 42.2 Å². The molecule has 156 valence electrons. The van der Waals surface area contributed by atoms with Crippen LogP contribution in [0.4, 0.5) is 13.2 Å². The predicted octanol–water partition coefficient (Wildman–Crippen LogP) is 4.20. The summed E-state index contributed by atoms with van der Waals surface area (Å²) in [5, 5.41) is 4.79. The van der Waals surface area contributed by atoms with Crippen molar-refractivity contribution < 1.29 is 13.2 Å². The van der Waals surface area contributed by atoms with E-state index in [1.807, 2.05) is 40.6 Å². The lowest BCUT2D eigenvalue weighted by Gasteiger charge is -2.38. The molecule has 1 N–H and O–H groups in total. The highest BCUT2D eigenvalue weighted by molar-refractivity contribution is 5.69. The monoisotopic (exact) mass is 414 g/mol. The van der Waals surface area contributed by atoms with Gasteiger partial charge < -0.3 is 9.88 Å². The number of imidazole rings is 1. The molecule has 2 aliphatic rings. The highest BCUT2D eigenvalue weighted by atomic mass is 19.4. The van der Waals surface area contributed by atoms with Gasteiger partial charge in [0.2, 0.25) is 0 Å². The summed E-state index contributed by atoms with van der Waals surface area (Å²) in [6.45, 7) is 3.76. The first-order chi connectivity index (χ1) is 14.3. The van der Waals surface area contributed by atoms with Crippen molar-refractivity contribution in [3.63, 3.8) is 0 Å². The van der Waals surface area contributed by atoms with E-state index >= 15 is 0 Å². The zero-order chi connectivity index (χ0) is 21.1. The molecule has 0 bridgehead atoms. The quantitative estimate of drug-likeness (QED) is 0.684. The number of rotatable bonds is 2. The van der Waals surface area contributed by atoms with Gasteiger partial charge in [0.1, 0.15) is 17.3 Å². The Labute approximate surface area is 171 Å². The average molecular weight is 414 g/mol. The molecule has 0 radical (unpaired) electrons. The fourth-order valence-electron chi connectivity index (χ4n) is 4.13. The normalized spacial score (nSPS) is 24.2. The van der Waals surface area contributed by atoms with E-state index in [2.05, 4.69) is 15.0 Å². The number of H-pyrrole nitrogens is 1. The number of aryl methyl sites for hydroxylation is 1. The smallest absolute Gasteiger partial charge is 0.348 e. The first-order valence-electron chi connectivity index (χ1n) is 9.83. The molecule has 0 saturated heterocycles. The minimum atomic E-state index is -4.34. The molecule has 0 fully saturated rings. The lowest BCUT2D eigenvalue weighted by molar-refractivity contribution is -0.189. The van der Waals surface area contributed by atoms with Crippen LogP contribution in [0.25, 0.3) is 5.52 Å². The number of halogens is 3. The van der Waals surface area contributed by atoms with E-state index in [1.54, 1.807) is 12.4 Å². The van der Waals surface area contributed by atoms with Gasteiger partial charge in [0.25, 0.3) is 0 Å². The Morgan fingerprint density at radius 2 is 2.10 bits per heavy atom. The van der Waals surface area contributed by atoms with E-state index < -0.39 is 11.6 Å². The maximum Gasteiger partial charge on any atom is 0.399 e. The van der Waals surface area contributed by atoms with Crippen LogP contribution in [-0.4, -0.2) is 43.4 Å². The molecule has 5 heterocycles. The Morgan fingerprint density at radius 1 is 1.27 bits per heavy atom. The van der Waals surface area contributed by atoms with Crippen LogP contribution in [0.3, 0.4) is 0 Å². The summed E-state index contributed by atoms with van der Waals surface area (Å²) in [4.78, 5) is 13.9. The zero-order valence-electron chi connectivity index (χ0n) is 16.6. The van der Waals surface area contributed by atoms with Crippen LogP contribution in [0.2, 0.25) is 0 Å². The Kier molecular flexibility index (Phi) is 4.06. The first-order valence-corrected chi connectivity index (χ1v) is 9.83. The number of hydrogen-bond donors (Lipinski definition) is 1. The van der Waals surface area contributed by atoms with E-state index in [0.29, 0.717) is 18.8 Å². The molecular formula is C21H21F3N6. The van der Waals surface area contributed by atoms with Crippen molar-refractivity contribution >= 4 is 11.7 Å². The van der Waals surface area contributed by atoms with Gasteiger partial charge >= 0.3 is 6.18 Å². The Bertz CT molecular complexity index is 1170. The molecule has 1 unspecified atom stereocenters. The van der Waals surface area contributed by atoms with Crippen molar-refractivity contribution in [2.24, 2.45) is 10.4 Å². The maximum absolute atomic E-state index is 13.4. The molecule has 3 aromatic rings. The van der Waals surface area contributed by atoms with Crippen LogP contribution in [0, 0.1) is 12.3 Å². The molecule has 30 heavy (non-hydrogen) atoms. The summed E-state index contributed by atoms with van der Waals surface area (Å²) < 4.78 is 42.0. The van der Waals surface area contributed by atoms with Gasteiger partial charge in [-0.3, -0.25) is 0 Å². The second-order valence-corrected chi connectivity index (χ2v) is 8.13. The van der Waals surface area contributed by atoms with Crippen molar-refractivity contribution in [1.29, 1.82) is 0 Å². The SMILES string of the molecule is Cc1cccc2cc([C@H]3c4nc[nH]c4CCN3C3=CCC(C)(C(F)(F)F)C=N3)nn12. The van der Waals surface area contributed by atoms with Gasteiger partial charge in [-0.25, -0.2) is 14.5 Å². The third-order valence-electron chi connectivity index (χ3n) is 6.03. The number of nitrogens with one attached hydrogen (secondary N) is 1. The fraction of sp³-hybridized carbons (Fsp3) is 0.381. The largest absolute Gasteiger partial charge is 0.399 e. The molecule has 3 aromatic heterocycles. The van der Waals surface area contributed by atoms with Gasteiger partial charge in [0.05, 0.1) is 23.2 Å². The standard InChI is InChI=1S/C21H21F3N6/c1-13-4-3-5-14-10-16(28-30(13)14)19-18-15(26-12-27-18)7-9-29(19)17-6-8-20(2,11-25-17)21(22,23)24/h3-6,10-12,19H,7-9H2,1-2H3,(H,26,27)/t19-,20?/m0/s1. The number of aromatic nitrogens is 4. The van der Waals surface area contributed by atoms with Crippen LogP contribution < -0.4 is 0 Å². The summed E-state index contributed by atoms with van der Waals surface area (Å²) in [6.07, 6.45) is 0.500. The number of nitrogens with zero attached hydrogens (tertiary/aromatic N) is 5. The van der Waals surface area contributed by atoms with Crippen molar-refractivity contribution in [1.82, 2.24) is 24.5 Å². The molecule has 9 heteroatoms. The van der Waals surface area contributed by atoms with Gasteiger partial charge in [-0.2, -0.15) is 18.3 Å².